The van der Waals surface area contributed by atoms with Gasteiger partial charge in [0.2, 0.25) is 11.8 Å². The first-order valence-electron chi connectivity index (χ1n) is 7.55. The van der Waals surface area contributed by atoms with E-state index in [0.717, 1.165) is 11.3 Å². The molecule has 0 amide bonds. The molecule has 0 saturated carbocycles. The Balaban J connectivity index is 1.68. The zero-order valence-electron chi connectivity index (χ0n) is 13.9. The van der Waals surface area contributed by atoms with Crippen LogP contribution in [0, 0.1) is 6.92 Å². The van der Waals surface area contributed by atoms with Gasteiger partial charge in [-0.1, -0.05) is 17.7 Å². The zero-order chi connectivity index (χ0) is 16.9. The molecule has 0 radical (unpaired) electrons. The van der Waals surface area contributed by atoms with Gasteiger partial charge >= 0.3 is 0 Å². The van der Waals surface area contributed by atoms with E-state index in [1.807, 2.05) is 49.4 Å². The maximum atomic E-state index is 5.69. The van der Waals surface area contributed by atoms with E-state index in [9.17, 15) is 0 Å². The van der Waals surface area contributed by atoms with E-state index in [0.29, 0.717) is 29.8 Å². The van der Waals surface area contributed by atoms with Crippen molar-refractivity contribution in [3.8, 4) is 23.0 Å². The topological polar surface area (TPSA) is 69.4 Å². The van der Waals surface area contributed by atoms with Gasteiger partial charge < -0.3 is 19.2 Å². The molecule has 1 N–H and O–H groups in total. The highest BCUT2D eigenvalue weighted by Crippen LogP contribution is 2.30. The zero-order valence-corrected chi connectivity index (χ0v) is 13.9. The molecular weight excluding hydrogens is 306 g/mol. The number of nitrogens with one attached hydrogen (secondary N) is 1. The summed E-state index contributed by atoms with van der Waals surface area (Å²) in [7, 11) is 3.21. The minimum Gasteiger partial charge on any atom is -0.493 e. The van der Waals surface area contributed by atoms with Crippen LogP contribution in [0.25, 0.3) is 11.5 Å². The molecule has 124 valence electrons. The van der Waals surface area contributed by atoms with Crippen molar-refractivity contribution in [2.45, 2.75) is 13.5 Å². The summed E-state index contributed by atoms with van der Waals surface area (Å²) in [4.78, 5) is 0. The number of anilines is 1. The summed E-state index contributed by atoms with van der Waals surface area (Å²) < 4.78 is 16.2. The van der Waals surface area contributed by atoms with E-state index < -0.39 is 0 Å². The Kier molecular flexibility index (Phi) is 4.65. The molecule has 24 heavy (non-hydrogen) atoms. The third kappa shape index (κ3) is 3.48. The number of methoxy groups -OCH3 is 2. The quantitative estimate of drug-likeness (QED) is 0.745. The van der Waals surface area contributed by atoms with E-state index in [2.05, 4.69) is 15.5 Å². The molecule has 6 nitrogen and oxygen atoms in total. The molecule has 0 fully saturated rings. The molecule has 0 aliphatic rings. The molecule has 0 unspecified atom stereocenters. The van der Waals surface area contributed by atoms with E-state index in [-0.39, 0.29) is 0 Å². The van der Waals surface area contributed by atoms with Crippen LogP contribution in [-0.4, -0.2) is 24.4 Å². The maximum absolute atomic E-state index is 5.69. The fraction of sp³-hybridized carbons (Fsp3) is 0.222. The maximum Gasteiger partial charge on any atom is 0.247 e. The van der Waals surface area contributed by atoms with Gasteiger partial charge in [-0.2, -0.15) is 0 Å². The molecule has 0 spiro atoms. The van der Waals surface area contributed by atoms with Crippen molar-refractivity contribution in [1.82, 2.24) is 10.2 Å². The monoisotopic (exact) mass is 325 g/mol. The number of hydrogen-bond donors (Lipinski definition) is 1. The summed E-state index contributed by atoms with van der Waals surface area (Å²) in [5.41, 5.74) is 2.97. The summed E-state index contributed by atoms with van der Waals surface area (Å²) in [6, 6.07) is 13.6. The summed E-state index contributed by atoms with van der Waals surface area (Å²) in [5.74, 6) is 2.37. The number of nitrogens with zero attached hydrogens (tertiary/aromatic N) is 2. The molecule has 0 aliphatic heterocycles. The average Bonchev–Trinajstić information content (AvgIpc) is 3.09. The first-order valence-corrected chi connectivity index (χ1v) is 7.55. The summed E-state index contributed by atoms with van der Waals surface area (Å²) in [6.07, 6.45) is 0. The van der Waals surface area contributed by atoms with Crippen LogP contribution in [0.3, 0.4) is 0 Å². The van der Waals surface area contributed by atoms with Crippen LogP contribution in [0.1, 0.15) is 11.5 Å². The van der Waals surface area contributed by atoms with Gasteiger partial charge in [-0.05, 0) is 31.2 Å². The molecule has 0 atom stereocenters. The lowest BCUT2D eigenvalue weighted by Gasteiger charge is -2.10. The molecule has 0 aliphatic carbocycles. The van der Waals surface area contributed by atoms with E-state index in [1.54, 1.807) is 14.2 Å². The van der Waals surface area contributed by atoms with Gasteiger partial charge in [-0.15, -0.1) is 10.2 Å². The third-order valence-electron chi connectivity index (χ3n) is 3.59. The first kappa shape index (κ1) is 15.9. The molecule has 6 heteroatoms. The van der Waals surface area contributed by atoms with E-state index in [4.69, 9.17) is 13.9 Å². The van der Waals surface area contributed by atoms with E-state index >= 15 is 0 Å². The molecule has 1 heterocycles. The van der Waals surface area contributed by atoms with Crippen molar-refractivity contribution in [3.05, 3.63) is 53.9 Å². The standard InChI is InChI=1S/C18H19N3O3/c1-12-4-6-13(7-5-12)18-21-20-17(24-18)11-19-14-8-9-15(22-2)16(10-14)23-3/h4-10,19H,11H2,1-3H3. The van der Waals surface area contributed by atoms with Crippen molar-refractivity contribution < 1.29 is 13.9 Å². The number of aromatic nitrogens is 2. The Morgan fingerprint density at radius 2 is 1.71 bits per heavy atom. The number of rotatable bonds is 6. The molecule has 0 saturated heterocycles. The number of benzene rings is 2. The Morgan fingerprint density at radius 3 is 2.42 bits per heavy atom. The fourth-order valence-electron chi connectivity index (χ4n) is 2.26. The van der Waals surface area contributed by atoms with Crippen molar-refractivity contribution in [1.29, 1.82) is 0 Å². The second-order valence-corrected chi connectivity index (χ2v) is 5.29. The van der Waals surface area contributed by atoms with Crippen LogP contribution in [0.15, 0.2) is 46.9 Å². The van der Waals surface area contributed by atoms with Gasteiger partial charge in [0.05, 0.1) is 20.8 Å². The highest BCUT2D eigenvalue weighted by atomic mass is 16.5. The third-order valence-corrected chi connectivity index (χ3v) is 3.59. The van der Waals surface area contributed by atoms with Crippen LogP contribution in [-0.2, 0) is 6.54 Å². The number of ether oxygens (including phenoxy) is 2. The van der Waals surface area contributed by atoms with Gasteiger partial charge in [0.1, 0.15) is 0 Å². The SMILES string of the molecule is COc1ccc(NCc2nnc(-c3ccc(C)cc3)o2)cc1OC. The molecule has 0 bridgehead atoms. The van der Waals surface area contributed by atoms with Crippen molar-refractivity contribution in [2.24, 2.45) is 0 Å². The number of hydrogen-bond acceptors (Lipinski definition) is 6. The Labute approximate surface area is 140 Å². The van der Waals surface area contributed by atoms with Gasteiger partial charge in [-0.3, -0.25) is 0 Å². The van der Waals surface area contributed by atoms with E-state index in [1.165, 1.54) is 5.56 Å². The lowest BCUT2D eigenvalue weighted by molar-refractivity contribution is 0.355. The van der Waals surface area contributed by atoms with Gasteiger partial charge in [0.15, 0.2) is 11.5 Å². The Hall–Kier alpha value is -3.02. The highest BCUT2D eigenvalue weighted by Gasteiger charge is 2.09. The molecule has 1 aromatic heterocycles. The van der Waals surface area contributed by atoms with Gasteiger partial charge in [0.25, 0.3) is 0 Å². The second-order valence-electron chi connectivity index (χ2n) is 5.29. The summed E-state index contributed by atoms with van der Waals surface area (Å²) in [5, 5.41) is 11.4. The molecule has 3 rings (SSSR count). The van der Waals surface area contributed by atoms with Gasteiger partial charge in [-0.25, -0.2) is 0 Å². The van der Waals surface area contributed by atoms with Crippen molar-refractivity contribution in [3.63, 3.8) is 0 Å². The van der Waals surface area contributed by atoms with Crippen LogP contribution in [0.4, 0.5) is 5.69 Å². The Bertz CT molecular complexity index is 813. The summed E-state index contributed by atoms with van der Waals surface area (Å²) in [6.45, 7) is 2.46. The molecule has 2 aromatic carbocycles. The Morgan fingerprint density at radius 1 is 0.958 bits per heavy atom. The number of aryl methyl sites for hydroxylation is 1. The summed E-state index contributed by atoms with van der Waals surface area (Å²) >= 11 is 0. The fourth-order valence-corrected chi connectivity index (χ4v) is 2.26. The second kappa shape index (κ2) is 7.04. The van der Waals surface area contributed by atoms with Crippen LogP contribution in [0.5, 0.6) is 11.5 Å². The van der Waals surface area contributed by atoms with Crippen molar-refractivity contribution >= 4 is 5.69 Å². The minimum absolute atomic E-state index is 0.425. The smallest absolute Gasteiger partial charge is 0.247 e. The molecular formula is C18H19N3O3. The van der Waals surface area contributed by atoms with Crippen molar-refractivity contribution in [2.75, 3.05) is 19.5 Å². The van der Waals surface area contributed by atoms with Gasteiger partial charge in [0, 0.05) is 17.3 Å². The first-order chi connectivity index (χ1) is 11.7. The van der Waals surface area contributed by atoms with Crippen LogP contribution in [0.2, 0.25) is 0 Å². The average molecular weight is 325 g/mol. The lowest BCUT2D eigenvalue weighted by atomic mass is 10.1. The molecule has 3 aromatic rings. The highest BCUT2D eigenvalue weighted by molar-refractivity contribution is 5.55. The van der Waals surface area contributed by atoms with Crippen LogP contribution < -0.4 is 14.8 Å². The van der Waals surface area contributed by atoms with Crippen LogP contribution >= 0.6 is 0 Å². The largest absolute Gasteiger partial charge is 0.493 e. The predicted molar refractivity (Wildman–Crippen MR) is 91.3 cm³/mol. The predicted octanol–water partition coefficient (Wildman–Crippen LogP) is 3.67. The minimum atomic E-state index is 0.425. The lowest BCUT2D eigenvalue weighted by Crippen LogP contribution is -2.00. The normalized spacial score (nSPS) is 10.5.